The van der Waals surface area contributed by atoms with E-state index >= 15 is 0 Å². The standard InChI is InChI=1S/C38H64O7SSi.C33H56O6SSi.CH4/c1-26(24-43-47(11,12)38(8,9)10)21-33-29(4)32(25-46(40,41)31-18-14-13-15-19-31)35(45-33)23-34-28(3)27(2)22-30(44-34)17-16-20-42-36(39)37(5,6)7;1-23(21-37-41(8,9)33(5,6)7)18-30-26(4)29(22-40(35,36)28-15-11-10-12-16-28)32(39-30)20-31-25(3)24(2)19-27(38-31)14-13-17-34;/h13-15,18-19,26-27,29-30,32-35H,3,16-17,20-25H2,1-2,4-12H3;10-12,15-16,23-24,26-27,29-32,34H,3,13-14,17-22H2,1-2,4-9H3;1H4/t26-,27+,29+,30-,32+,33+,34+,35?;23-,24+,26+,27-,29+,30+,31+,32?;/m00./s1. The van der Waals surface area contributed by atoms with Crippen LogP contribution in [-0.2, 0) is 57.0 Å². The van der Waals surface area contributed by atoms with Gasteiger partial charge in [0.1, 0.15) is 0 Å². The van der Waals surface area contributed by atoms with Crippen LogP contribution in [0.2, 0.25) is 36.3 Å². The number of rotatable bonds is 27. The summed E-state index contributed by atoms with van der Waals surface area (Å²) in [6, 6.07) is 17.5. The van der Waals surface area contributed by atoms with Gasteiger partial charge in [0.05, 0.1) is 82.2 Å². The summed E-state index contributed by atoms with van der Waals surface area (Å²) >= 11 is 0. The Morgan fingerprint density at radius 3 is 1.29 bits per heavy atom. The predicted octanol–water partition coefficient (Wildman–Crippen LogP) is 16.3. The molecule has 16 atom stereocenters. The van der Waals surface area contributed by atoms with Crippen molar-refractivity contribution < 1.29 is 59.3 Å². The van der Waals surface area contributed by atoms with Crippen molar-refractivity contribution in [3.8, 4) is 0 Å². The highest BCUT2D eigenvalue weighted by molar-refractivity contribution is 7.91. The molecule has 0 bridgehead atoms. The quantitative estimate of drug-likeness (QED) is 0.0388. The summed E-state index contributed by atoms with van der Waals surface area (Å²) in [6.45, 7) is 52.0. The van der Waals surface area contributed by atoms with Crippen LogP contribution < -0.4 is 0 Å². The molecule has 0 saturated carbocycles. The molecule has 4 aliphatic rings. The number of aliphatic hydroxyl groups excluding tert-OH is 1. The summed E-state index contributed by atoms with van der Waals surface area (Å²) in [5.41, 5.74) is 1.58. The van der Waals surface area contributed by atoms with Gasteiger partial charge in [-0.15, -0.1) is 0 Å². The Morgan fingerprint density at radius 1 is 0.596 bits per heavy atom. The summed E-state index contributed by atoms with van der Waals surface area (Å²) in [7, 11) is -10.7. The Bertz CT molecular complexity index is 2740. The molecule has 510 valence electrons. The second-order valence-electron chi connectivity index (χ2n) is 31.3. The van der Waals surface area contributed by atoms with E-state index in [9.17, 15) is 26.7 Å². The molecule has 4 fully saturated rings. The first-order valence-corrected chi connectivity index (χ1v) is 42.4. The fraction of sp³-hybridized carbons (Fsp3) is 0.764. The van der Waals surface area contributed by atoms with E-state index in [1.807, 2.05) is 32.9 Å². The minimum absolute atomic E-state index is 0. The Balaban J connectivity index is 0.000000379. The predicted molar refractivity (Wildman–Crippen MR) is 369 cm³/mol. The van der Waals surface area contributed by atoms with Gasteiger partial charge in [-0.3, -0.25) is 4.79 Å². The zero-order chi connectivity index (χ0) is 66.0. The monoisotopic (exact) mass is 1320 g/mol. The van der Waals surface area contributed by atoms with E-state index in [4.69, 9.17) is 32.5 Å². The van der Waals surface area contributed by atoms with Gasteiger partial charge in [0.25, 0.3) is 0 Å². The number of hydrogen-bond donors (Lipinski definition) is 1. The fourth-order valence-electron chi connectivity index (χ4n) is 12.4. The number of esters is 1. The highest BCUT2D eigenvalue weighted by atomic mass is 32.2. The molecule has 0 aliphatic carbocycles. The van der Waals surface area contributed by atoms with E-state index in [2.05, 4.69) is 122 Å². The number of sulfone groups is 2. The lowest BCUT2D eigenvalue weighted by Gasteiger charge is -2.38. The van der Waals surface area contributed by atoms with Gasteiger partial charge in [-0.1, -0.05) is 140 Å². The molecular weight excluding hydrogens is 1190 g/mol. The molecule has 13 nitrogen and oxygen atoms in total. The van der Waals surface area contributed by atoms with E-state index in [1.165, 1.54) is 0 Å². The van der Waals surface area contributed by atoms with Crippen molar-refractivity contribution in [3.05, 3.63) is 85.0 Å². The second kappa shape index (κ2) is 33.2. The van der Waals surface area contributed by atoms with E-state index in [0.717, 1.165) is 56.1 Å². The van der Waals surface area contributed by atoms with Crippen LogP contribution in [0, 0.1) is 52.8 Å². The molecule has 4 saturated heterocycles. The molecule has 4 aliphatic heterocycles. The molecule has 2 aromatic rings. The Labute approximate surface area is 544 Å². The van der Waals surface area contributed by atoms with Crippen molar-refractivity contribution in [1.29, 1.82) is 0 Å². The molecule has 6 rings (SSSR count). The smallest absolute Gasteiger partial charge is 0.311 e. The zero-order valence-electron chi connectivity index (χ0n) is 57.9. The number of carbonyl (C=O) groups excluding carboxylic acids is 1. The van der Waals surface area contributed by atoms with Crippen molar-refractivity contribution in [3.63, 3.8) is 0 Å². The molecule has 4 heterocycles. The summed E-state index contributed by atoms with van der Waals surface area (Å²) in [4.78, 5) is 12.9. The number of carbonyl (C=O) groups is 1. The Morgan fingerprint density at radius 2 is 0.955 bits per heavy atom. The number of benzene rings is 2. The van der Waals surface area contributed by atoms with Gasteiger partial charge in [-0.05, 0) is 179 Å². The topological polar surface area (TPSA) is 170 Å². The van der Waals surface area contributed by atoms with Crippen LogP contribution in [0.25, 0.3) is 0 Å². The zero-order valence-corrected chi connectivity index (χ0v) is 61.5. The summed E-state index contributed by atoms with van der Waals surface area (Å²) in [5, 5.41) is 9.64. The van der Waals surface area contributed by atoms with Crippen LogP contribution in [0.3, 0.4) is 0 Å². The van der Waals surface area contributed by atoms with Crippen molar-refractivity contribution in [2.45, 2.75) is 270 Å². The van der Waals surface area contributed by atoms with E-state index in [1.54, 1.807) is 48.5 Å². The molecule has 2 aromatic carbocycles. The molecule has 1 N–H and O–H groups in total. The van der Waals surface area contributed by atoms with Crippen LogP contribution in [0.15, 0.2) is 94.8 Å². The third-order valence-corrected chi connectivity index (χ3v) is 33.3. The van der Waals surface area contributed by atoms with Gasteiger partial charge in [0, 0.05) is 44.5 Å². The van der Waals surface area contributed by atoms with Crippen LogP contribution in [0.4, 0.5) is 0 Å². The largest absolute Gasteiger partial charge is 0.465 e. The third kappa shape index (κ3) is 22.5. The van der Waals surface area contributed by atoms with Gasteiger partial charge in [-0.2, -0.15) is 0 Å². The lowest BCUT2D eigenvalue weighted by atomic mass is 9.82. The maximum absolute atomic E-state index is 13.7. The maximum Gasteiger partial charge on any atom is 0.311 e. The first kappa shape index (κ1) is 78.9. The van der Waals surface area contributed by atoms with Gasteiger partial charge in [0.2, 0.25) is 0 Å². The van der Waals surface area contributed by atoms with Gasteiger partial charge >= 0.3 is 5.97 Å². The van der Waals surface area contributed by atoms with Crippen molar-refractivity contribution in [2.75, 3.05) is 37.9 Å². The highest BCUT2D eigenvalue weighted by Gasteiger charge is 2.49. The second-order valence-corrected chi connectivity index (χ2v) is 45.0. The number of ether oxygens (including phenoxy) is 5. The molecule has 0 spiro atoms. The SMILES string of the molecule is C.C=C1[C@H](C)C[C@H](CCCO)O[C@@H]1CC1O[C@H](C[C@H](C)CO[Si](C)(C)C(C)(C)C)[C@H](C)[C@H]1CS(=O)(=O)c1ccccc1.C=C1[C@H](C)C[C@H](CCCOC(=O)C(C)(C)C)O[C@@H]1CC1O[C@H](C[C@H](C)CO[Si](C)(C)C(C)(C)C)[C@H](C)[C@H]1CS(=O)(=O)c1ccccc1. The maximum atomic E-state index is 13.7. The third-order valence-electron chi connectivity index (χ3n) is 20.7. The van der Waals surface area contributed by atoms with Crippen molar-refractivity contribution >= 4 is 42.3 Å². The van der Waals surface area contributed by atoms with Crippen LogP contribution in [0.5, 0.6) is 0 Å². The first-order chi connectivity index (χ1) is 40.7. The van der Waals surface area contributed by atoms with Crippen LogP contribution in [0.1, 0.15) is 175 Å². The molecule has 0 aromatic heterocycles. The van der Waals surface area contributed by atoms with E-state index in [0.29, 0.717) is 60.7 Å². The van der Waals surface area contributed by atoms with Crippen molar-refractivity contribution in [1.82, 2.24) is 0 Å². The van der Waals surface area contributed by atoms with E-state index < -0.39 is 41.7 Å². The van der Waals surface area contributed by atoms with Gasteiger partial charge in [-0.25, -0.2) is 16.8 Å². The minimum Gasteiger partial charge on any atom is -0.465 e. The number of hydrogen-bond acceptors (Lipinski definition) is 13. The summed E-state index contributed by atoms with van der Waals surface area (Å²) in [6.07, 6.45) is 6.66. The average Bonchev–Trinajstić information content (AvgIpc) is 1.76. The molecule has 0 amide bonds. The van der Waals surface area contributed by atoms with Crippen LogP contribution >= 0.6 is 0 Å². The number of aliphatic hydroxyl groups is 1. The molecule has 89 heavy (non-hydrogen) atoms. The van der Waals surface area contributed by atoms with Crippen LogP contribution in [-0.4, -0.2) is 131 Å². The minimum atomic E-state index is -3.52. The first-order valence-electron chi connectivity index (χ1n) is 33.3. The summed E-state index contributed by atoms with van der Waals surface area (Å²) in [5.74, 6) is 0.847. The van der Waals surface area contributed by atoms with Crippen molar-refractivity contribution in [2.24, 2.45) is 52.8 Å². The Hall–Kier alpha value is -2.56. The lowest BCUT2D eigenvalue weighted by Crippen LogP contribution is -2.42. The highest BCUT2D eigenvalue weighted by Crippen LogP contribution is 2.46. The normalized spacial score (nSPS) is 29.0. The summed E-state index contributed by atoms with van der Waals surface area (Å²) < 4.78 is 99.8. The van der Waals surface area contributed by atoms with Gasteiger partial charge in [0.15, 0.2) is 36.3 Å². The lowest BCUT2D eigenvalue weighted by molar-refractivity contribution is -0.153. The Kier molecular flexibility index (Phi) is 29.4. The fourth-order valence-corrected chi connectivity index (χ4v) is 18.2. The molecule has 17 heteroatoms. The molecule has 0 radical (unpaired) electrons. The van der Waals surface area contributed by atoms with E-state index in [-0.39, 0.29) is 126 Å². The molecule has 2 unspecified atom stereocenters. The molecular formula is C72H124O13S2Si2. The average molecular weight is 1320 g/mol. The van der Waals surface area contributed by atoms with Gasteiger partial charge < -0.3 is 37.6 Å².